The fourth-order valence-electron chi connectivity index (χ4n) is 1.10. The highest BCUT2D eigenvalue weighted by Crippen LogP contribution is 2.00. The van der Waals surface area contributed by atoms with Gasteiger partial charge in [-0.3, -0.25) is 0 Å². The Morgan fingerprint density at radius 2 is 2.00 bits per heavy atom. The van der Waals surface area contributed by atoms with Crippen molar-refractivity contribution in [2.45, 2.75) is 52.1 Å². The van der Waals surface area contributed by atoms with Crippen molar-refractivity contribution >= 4 is 6.03 Å². The average molecular weight is 202 g/mol. The van der Waals surface area contributed by atoms with Crippen LogP contribution in [0.15, 0.2) is 0 Å². The molecule has 3 N–H and O–H groups in total. The molecule has 0 rings (SSSR count). The summed E-state index contributed by atoms with van der Waals surface area (Å²) < 4.78 is 0. The van der Waals surface area contributed by atoms with Gasteiger partial charge >= 0.3 is 6.03 Å². The molecule has 4 nitrogen and oxygen atoms in total. The summed E-state index contributed by atoms with van der Waals surface area (Å²) in [5.41, 5.74) is -0.221. The molecule has 0 heterocycles. The fourth-order valence-corrected chi connectivity index (χ4v) is 1.10. The molecule has 0 aliphatic rings. The van der Waals surface area contributed by atoms with E-state index in [9.17, 15) is 4.79 Å². The topological polar surface area (TPSA) is 61.4 Å². The minimum Gasteiger partial charge on any atom is -0.396 e. The Balaban J connectivity index is 3.91. The van der Waals surface area contributed by atoms with E-state index in [2.05, 4.69) is 10.6 Å². The van der Waals surface area contributed by atoms with Crippen LogP contribution in [0.2, 0.25) is 0 Å². The molecule has 0 aromatic rings. The van der Waals surface area contributed by atoms with E-state index in [0.717, 1.165) is 6.42 Å². The van der Waals surface area contributed by atoms with Gasteiger partial charge in [-0.25, -0.2) is 4.79 Å². The van der Waals surface area contributed by atoms with Crippen LogP contribution in [0.5, 0.6) is 0 Å². The molecule has 0 aromatic carbocycles. The number of hydrogen-bond acceptors (Lipinski definition) is 2. The van der Waals surface area contributed by atoms with Gasteiger partial charge in [0.05, 0.1) is 0 Å². The van der Waals surface area contributed by atoms with E-state index >= 15 is 0 Å². The molecular weight excluding hydrogens is 180 g/mol. The van der Waals surface area contributed by atoms with E-state index in [1.165, 1.54) is 0 Å². The molecule has 0 fully saturated rings. The molecule has 1 unspecified atom stereocenters. The Labute approximate surface area is 86.1 Å². The third-order valence-corrected chi connectivity index (χ3v) is 1.79. The number of carbonyl (C=O) groups is 1. The van der Waals surface area contributed by atoms with Crippen LogP contribution in [0.1, 0.15) is 40.5 Å². The van der Waals surface area contributed by atoms with Crippen LogP contribution >= 0.6 is 0 Å². The SMILES string of the molecule is CCC(CCO)NC(=O)NC(C)(C)C. The highest BCUT2D eigenvalue weighted by molar-refractivity contribution is 5.74. The minimum atomic E-state index is -0.221. The van der Waals surface area contributed by atoms with Crippen molar-refractivity contribution in [2.24, 2.45) is 0 Å². The second-order valence-corrected chi connectivity index (χ2v) is 4.47. The summed E-state index contributed by atoms with van der Waals surface area (Å²) in [5, 5.41) is 14.4. The number of aliphatic hydroxyl groups excluding tert-OH is 1. The van der Waals surface area contributed by atoms with Crippen molar-refractivity contribution in [1.82, 2.24) is 10.6 Å². The largest absolute Gasteiger partial charge is 0.396 e. The zero-order chi connectivity index (χ0) is 11.2. The van der Waals surface area contributed by atoms with Crippen molar-refractivity contribution < 1.29 is 9.90 Å². The number of hydrogen-bond donors (Lipinski definition) is 3. The molecule has 2 amide bonds. The lowest BCUT2D eigenvalue weighted by Crippen LogP contribution is -2.49. The first-order valence-corrected chi connectivity index (χ1v) is 5.08. The molecule has 0 saturated carbocycles. The summed E-state index contributed by atoms with van der Waals surface area (Å²) in [6.07, 6.45) is 1.44. The lowest BCUT2D eigenvalue weighted by molar-refractivity contribution is 0.220. The molecule has 0 radical (unpaired) electrons. The van der Waals surface area contributed by atoms with Crippen LogP contribution in [0.3, 0.4) is 0 Å². The lowest BCUT2D eigenvalue weighted by Gasteiger charge is -2.23. The van der Waals surface area contributed by atoms with Crippen LogP contribution < -0.4 is 10.6 Å². The van der Waals surface area contributed by atoms with Gasteiger partial charge in [0, 0.05) is 18.2 Å². The Hall–Kier alpha value is -0.770. The minimum absolute atomic E-state index is 0.0577. The summed E-state index contributed by atoms with van der Waals surface area (Å²) in [6.45, 7) is 7.88. The van der Waals surface area contributed by atoms with Gasteiger partial charge in [-0.05, 0) is 33.6 Å². The molecule has 0 spiro atoms. The Kier molecular flexibility index (Phi) is 5.53. The third kappa shape index (κ3) is 6.71. The van der Waals surface area contributed by atoms with E-state index in [1.807, 2.05) is 27.7 Å². The first kappa shape index (κ1) is 13.2. The first-order chi connectivity index (χ1) is 6.39. The van der Waals surface area contributed by atoms with Gasteiger partial charge in [0.2, 0.25) is 0 Å². The number of urea groups is 1. The monoisotopic (exact) mass is 202 g/mol. The number of aliphatic hydroxyl groups is 1. The maximum atomic E-state index is 11.4. The number of nitrogens with one attached hydrogen (secondary N) is 2. The number of amides is 2. The quantitative estimate of drug-likeness (QED) is 0.642. The fraction of sp³-hybridized carbons (Fsp3) is 0.900. The van der Waals surface area contributed by atoms with Crippen LogP contribution in [-0.2, 0) is 0 Å². The van der Waals surface area contributed by atoms with Crippen molar-refractivity contribution in [3.05, 3.63) is 0 Å². The second-order valence-electron chi connectivity index (χ2n) is 4.47. The second kappa shape index (κ2) is 5.86. The molecule has 14 heavy (non-hydrogen) atoms. The molecular formula is C10H22N2O2. The predicted octanol–water partition coefficient (Wildman–Crippen LogP) is 1.25. The van der Waals surface area contributed by atoms with Gasteiger partial charge in [0.1, 0.15) is 0 Å². The van der Waals surface area contributed by atoms with Crippen molar-refractivity contribution in [1.29, 1.82) is 0 Å². The molecule has 4 heteroatoms. The summed E-state index contributed by atoms with van der Waals surface area (Å²) in [5.74, 6) is 0. The van der Waals surface area contributed by atoms with E-state index in [-0.39, 0.29) is 24.2 Å². The molecule has 0 bridgehead atoms. The predicted molar refractivity (Wildman–Crippen MR) is 57.2 cm³/mol. The third-order valence-electron chi connectivity index (χ3n) is 1.79. The van der Waals surface area contributed by atoms with Gasteiger partial charge in [0.25, 0.3) is 0 Å². The lowest BCUT2D eigenvalue weighted by atomic mass is 10.1. The summed E-state index contributed by atoms with van der Waals surface area (Å²) in [6, 6.07) is -0.111. The van der Waals surface area contributed by atoms with Crippen LogP contribution in [-0.4, -0.2) is 29.3 Å². The molecule has 84 valence electrons. The van der Waals surface area contributed by atoms with E-state index in [1.54, 1.807) is 0 Å². The molecule has 1 atom stereocenters. The molecule has 0 aliphatic heterocycles. The van der Waals surface area contributed by atoms with Gasteiger partial charge in [0.15, 0.2) is 0 Å². The van der Waals surface area contributed by atoms with E-state index in [4.69, 9.17) is 5.11 Å². The van der Waals surface area contributed by atoms with Crippen molar-refractivity contribution in [3.63, 3.8) is 0 Å². The zero-order valence-electron chi connectivity index (χ0n) is 9.55. The number of rotatable bonds is 4. The van der Waals surface area contributed by atoms with Gasteiger partial charge in [-0.1, -0.05) is 6.92 Å². The van der Waals surface area contributed by atoms with Gasteiger partial charge < -0.3 is 15.7 Å². The van der Waals surface area contributed by atoms with Crippen molar-refractivity contribution in [3.8, 4) is 0 Å². The summed E-state index contributed by atoms with van der Waals surface area (Å²) in [7, 11) is 0. The van der Waals surface area contributed by atoms with Crippen LogP contribution in [0, 0.1) is 0 Å². The molecule has 0 aromatic heterocycles. The first-order valence-electron chi connectivity index (χ1n) is 5.08. The van der Waals surface area contributed by atoms with Gasteiger partial charge in [-0.15, -0.1) is 0 Å². The zero-order valence-corrected chi connectivity index (χ0v) is 9.55. The summed E-state index contributed by atoms with van der Waals surface area (Å²) >= 11 is 0. The van der Waals surface area contributed by atoms with Crippen LogP contribution in [0.25, 0.3) is 0 Å². The molecule has 0 saturated heterocycles. The van der Waals surface area contributed by atoms with E-state index in [0.29, 0.717) is 6.42 Å². The maximum absolute atomic E-state index is 11.4. The number of carbonyl (C=O) groups excluding carboxylic acids is 1. The maximum Gasteiger partial charge on any atom is 0.315 e. The van der Waals surface area contributed by atoms with Crippen LogP contribution in [0.4, 0.5) is 4.79 Å². The van der Waals surface area contributed by atoms with Crippen molar-refractivity contribution in [2.75, 3.05) is 6.61 Å². The average Bonchev–Trinajstić information content (AvgIpc) is 2.00. The highest BCUT2D eigenvalue weighted by Gasteiger charge is 2.15. The molecule has 0 aliphatic carbocycles. The standard InChI is InChI=1S/C10H22N2O2/c1-5-8(6-7-13)11-9(14)12-10(2,3)4/h8,13H,5-7H2,1-4H3,(H2,11,12,14). The normalized spacial score (nSPS) is 13.5. The smallest absolute Gasteiger partial charge is 0.315 e. The summed E-state index contributed by atoms with van der Waals surface area (Å²) in [4.78, 5) is 11.4. The highest BCUT2D eigenvalue weighted by atomic mass is 16.3. The van der Waals surface area contributed by atoms with Gasteiger partial charge in [-0.2, -0.15) is 0 Å². The Bertz CT molecular complexity index is 175. The van der Waals surface area contributed by atoms with E-state index < -0.39 is 0 Å². The Morgan fingerprint density at radius 3 is 2.36 bits per heavy atom. The Morgan fingerprint density at radius 1 is 1.43 bits per heavy atom.